The van der Waals surface area contributed by atoms with Gasteiger partial charge in [-0.3, -0.25) is 4.72 Å². The van der Waals surface area contributed by atoms with Crippen LogP contribution in [0.4, 0.5) is 5.69 Å². The molecule has 0 bridgehead atoms. The summed E-state index contributed by atoms with van der Waals surface area (Å²) in [5.41, 5.74) is 1.73. The Balaban J connectivity index is 2.51. The molecule has 0 spiro atoms. The fourth-order valence-electron chi connectivity index (χ4n) is 1.93. The number of nitrogens with one attached hydrogen (secondary N) is 2. The van der Waals surface area contributed by atoms with E-state index in [4.69, 9.17) is 0 Å². The van der Waals surface area contributed by atoms with Crippen molar-refractivity contribution in [3.8, 4) is 0 Å². The molecule has 5 nitrogen and oxygen atoms in total. The molecule has 0 aliphatic carbocycles. The van der Waals surface area contributed by atoms with Gasteiger partial charge in [0.15, 0.2) is 0 Å². The third-order valence-electron chi connectivity index (χ3n) is 3.25. The Kier molecular flexibility index (Phi) is 7.71. The summed E-state index contributed by atoms with van der Waals surface area (Å²) in [6.45, 7) is 6.46. The quantitative estimate of drug-likeness (QED) is 0.651. The lowest BCUT2D eigenvalue weighted by Gasteiger charge is -2.18. The van der Waals surface area contributed by atoms with Gasteiger partial charge in [0.05, 0.1) is 5.69 Å². The van der Waals surface area contributed by atoms with Gasteiger partial charge in [-0.2, -0.15) is 12.7 Å². The molecule has 0 atom stereocenters. The Bertz CT molecular complexity index is 517. The van der Waals surface area contributed by atoms with Crippen LogP contribution in [0.1, 0.15) is 32.3 Å². The molecule has 21 heavy (non-hydrogen) atoms. The van der Waals surface area contributed by atoms with Crippen LogP contribution in [0, 0.1) is 0 Å². The number of rotatable bonds is 10. The molecule has 0 heterocycles. The van der Waals surface area contributed by atoms with Gasteiger partial charge in [0, 0.05) is 13.6 Å². The highest BCUT2D eigenvalue weighted by atomic mass is 32.2. The lowest BCUT2D eigenvalue weighted by molar-refractivity contribution is 0.458. The Hall–Kier alpha value is -1.11. The number of benzene rings is 1. The van der Waals surface area contributed by atoms with Crippen LogP contribution in [0.15, 0.2) is 24.3 Å². The van der Waals surface area contributed by atoms with Crippen molar-refractivity contribution in [1.29, 1.82) is 0 Å². The van der Waals surface area contributed by atoms with Gasteiger partial charge in [-0.15, -0.1) is 0 Å². The largest absolute Gasteiger partial charge is 0.317 e. The first-order chi connectivity index (χ1) is 9.99. The normalized spacial score (nSPS) is 11.8. The van der Waals surface area contributed by atoms with Crippen molar-refractivity contribution in [2.75, 3.05) is 31.4 Å². The minimum atomic E-state index is -3.48. The summed E-state index contributed by atoms with van der Waals surface area (Å²) in [5, 5.41) is 3.26. The number of hydrogen-bond donors (Lipinski definition) is 2. The van der Waals surface area contributed by atoms with Crippen molar-refractivity contribution in [2.45, 2.75) is 33.1 Å². The van der Waals surface area contributed by atoms with Crippen molar-refractivity contribution in [3.05, 3.63) is 29.8 Å². The Morgan fingerprint density at radius 1 is 1.19 bits per heavy atom. The standard InChI is InChI=1S/C15H27N3O2S/c1-4-10-16-11-7-12-18(3)21(19,20)17-15-9-6-8-14(5-2)13-15/h6,8-9,13,16-17H,4-5,7,10-12H2,1-3H3. The number of aryl methyl sites for hydroxylation is 1. The minimum Gasteiger partial charge on any atom is -0.317 e. The Morgan fingerprint density at radius 3 is 2.62 bits per heavy atom. The molecule has 1 aromatic carbocycles. The zero-order valence-corrected chi connectivity index (χ0v) is 14.0. The zero-order valence-electron chi connectivity index (χ0n) is 13.2. The first-order valence-electron chi connectivity index (χ1n) is 7.53. The predicted molar refractivity (Wildman–Crippen MR) is 88.8 cm³/mol. The fourth-order valence-corrected chi connectivity index (χ4v) is 2.88. The third-order valence-corrected chi connectivity index (χ3v) is 4.74. The lowest BCUT2D eigenvalue weighted by Crippen LogP contribution is -2.34. The van der Waals surface area contributed by atoms with E-state index in [-0.39, 0.29) is 0 Å². The molecule has 0 amide bonds. The van der Waals surface area contributed by atoms with Crippen LogP contribution in [0.3, 0.4) is 0 Å². The monoisotopic (exact) mass is 313 g/mol. The summed E-state index contributed by atoms with van der Waals surface area (Å²) < 4.78 is 28.4. The fraction of sp³-hybridized carbons (Fsp3) is 0.600. The van der Waals surface area contributed by atoms with Crippen molar-refractivity contribution in [3.63, 3.8) is 0 Å². The van der Waals surface area contributed by atoms with Crippen molar-refractivity contribution in [2.24, 2.45) is 0 Å². The topological polar surface area (TPSA) is 61.4 Å². The minimum absolute atomic E-state index is 0.500. The third kappa shape index (κ3) is 6.46. The van der Waals surface area contributed by atoms with Gasteiger partial charge in [-0.1, -0.05) is 26.0 Å². The maximum Gasteiger partial charge on any atom is 0.301 e. The van der Waals surface area contributed by atoms with Crippen LogP contribution in [0.5, 0.6) is 0 Å². The second-order valence-corrected chi connectivity index (χ2v) is 6.86. The first kappa shape index (κ1) is 17.9. The van der Waals surface area contributed by atoms with Crippen molar-refractivity contribution in [1.82, 2.24) is 9.62 Å². The number of hydrogen-bond acceptors (Lipinski definition) is 3. The molecule has 2 N–H and O–H groups in total. The molecule has 0 aromatic heterocycles. The molecule has 6 heteroatoms. The highest BCUT2D eigenvalue weighted by Crippen LogP contribution is 2.14. The summed E-state index contributed by atoms with van der Waals surface area (Å²) in [4.78, 5) is 0. The van der Waals surface area contributed by atoms with E-state index in [1.54, 1.807) is 13.1 Å². The van der Waals surface area contributed by atoms with E-state index in [2.05, 4.69) is 17.0 Å². The molecular formula is C15H27N3O2S. The molecular weight excluding hydrogens is 286 g/mol. The summed E-state index contributed by atoms with van der Waals surface area (Å²) in [5.74, 6) is 0. The second-order valence-electron chi connectivity index (χ2n) is 5.09. The average Bonchev–Trinajstić information content (AvgIpc) is 2.46. The highest BCUT2D eigenvalue weighted by Gasteiger charge is 2.16. The smallest absolute Gasteiger partial charge is 0.301 e. The van der Waals surface area contributed by atoms with E-state index in [1.165, 1.54) is 4.31 Å². The van der Waals surface area contributed by atoms with Crippen molar-refractivity contribution < 1.29 is 8.42 Å². The summed E-state index contributed by atoms with van der Waals surface area (Å²) in [6.07, 6.45) is 2.77. The molecule has 0 aliphatic rings. The van der Waals surface area contributed by atoms with E-state index in [0.29, 0.717) is 12.2 Å². The van der Waals surface area contributed by atoms with Gasteiger partial charge in [-0.05, 0) is 50.0 Å². The summed E-state index contributed by atoms with van der Waals surface area (Å²) in [7, 11) is -1.87. The molecule has 0 saturated carbocycles. The molecule has 0 unspecified atom stereocenters. The predicted octanol–water partition coefficient (Wildman–Crippen LogP) is 2.23. The van der Waals surface area contributed by atoms with Crippen LogP contribution in [0.25, 0.3) is 0 Å². The van der Waals surface area contributed by atoms with E-state index in [9.17, 15) is 8.42 Å². The second kappa shape index (κ2) is 9.02. The van der Waals surface area contributed by atoms with Gasteiger partial charge in [0.25, 0.3) is 0 Å². The maximum absolute atomic E-state index is 12.2. The van der Waals surface area contributed by atoms with E-state index in [1.807, 2.05) is 25.1 Å². The van der Waals surface area contributed by atoms with Crippen LogP contribution in [-0.2, 0) is 16.6 Å². The van der Waals surface area contributed by atoms with Gasteiger partial charge in [-0.25, -0.2) is 0 Å². The zero-order chi connectivity index (χ0) is 15.7. The SMILES string of the molecule is CCCNCCCN(C)S(=O)(=O)Nc1cccc(CC)c1. The van der Waals surface area contributed by atoms with Crippen LogP contribution < -0.4 is 10.0 Å². The molecule has 1 aromatic rings. The lowest BCUT2D eigenvalue weighted by atomic mass is 10.1. The van der Waals surface area contributed by atoms with Crippen molar-refractivity contribution >= 4 is 15.9 Å². The maximum atomic E-state index is 12.2. The Labute approximate surface area is 128 Å². The molecule has 0 aliphatic heterocycles. The van der Waals surface area contributed by atoms with E-state index < -0.39 is 10.2 Å². The molecule has 0 fully saturated rings. The Morgan fingerprint density at radius 2 is 1.95 bits per heavy atom. The summed E-state index contributed by atoms with van der Waals surface area (Å²) in [6, 6.07) is 7.49. The van der Waals surface area contributed by atoms with Gasteiger partial charge in [0.1, 0.15) is 0 Å². The molecule has 120 valence electrons. The van der Waals surface area contributed by atoms with Crippen LogP contribution in [-0.4, -0.2) is 39.4 Å². The van der Waals surface area contributed by atoms with Gasteiger partial charge >= 0.3 is 10.2 Å². The van der Waals surface area contributed by atoms with E-state index in [0.717, 1.165) is 37.9 Å². The molecule has 0 saturated heterocycles. The molecule has 1 rings (SSSR count). The molecule has 0 radical (unpaired) electrons. The van der Waals surface area contributed by atoms with E-state index >= 15 is 0 Å². The van der Waals surface area contributed by atoms with Gasteiger partial charge in [0.2, 0.25) is 0 Å². The van der Waals surface area contributed by atoms with Gasteiger partial charge < -0.3 is 5.32 Å². The average molecular weight is 313 g/mol. The van der Waals surface area contributed by atoms with Crippen LogP contribution in [0.2, 0.25) is 0 Å². The van der Waals surface area contributed by atoms with Crippen LogP contribution >= 0.6 is 0 Å². The first-order valence-corrected chi connectivity index (χ1v) is 8.97. The number of anilines is 1. The highest BCUT2D eigenvalue weighted by molar-refractivity contribution is 7.90. The number of nitrogens with zero attached hydrogens (tertiary/aromatic N) is 1. The summed E-state index contributed by atoms with van der Waals surface area (Å²) >= 11 is 0.